The normalized spacial score (nSPS) is 12.7. The van der Waals surface area contributed by atoms with Gasteiger partial charge in [-0.3, -0.25) is 28.8 Å². The Balaban J connectivity index is 5.97. The van der Waals surface area contributed by atoms with Crippen LogP contribution in [-0.4, -0.2) is 61.3 Å². The quantitative estimate of drug-likeness (QED) is 0.126. The fourth-order valence-corrected chi connectivity index (χ4v) is 3.99. The maximum Gasteiger partial charge on any atom is 0.332 e. The molecule has 0 aliphatic heterocycles. The van der Waals surface area contributed by atoms with Crippen LogP contribution in [-0.2, 0) is 28.8 Å². The Morgan fingerprint density at radius 1 is 0.656 bits per heavy atom. The van der Waals surface area contributed by atoms with E-state index in [0.717, 1.165) is 38.5 Å². The Morgan fingerprint density at radius 2 is 1.03 bits per heavy atom. The van der Waals surface area contributed by atoms with E-state index in [9.17, 15) is 54.3 Å². The maximum absolute atomic E-state index is 12.1. The number of carboxylic acids is 5. The molecule has 1 unspecified atom stereocenters. The van der Waals surface area contributed by atoms with E-state index in [-0.39, 0.29) is 6.42 Å². The van der Waals surface area contributed by atoms with Gasteiger partial charge in [0.2, 0.25) is 11.3 Å². The van der Waals surface area contributed by atoms with E-state index in [1.54, 1.807) is 0 Å². The summed E-state index contributed by atoms with van der Waals surface area (Å²) >= 11 is 0. The van der Waals surface area contributed by atoms with Crippen LogP contribution in [0.25, 0.3) is 0 Å². The molecule has 0 aliphatic carbocycles. The van der Waals surface area contributed by atoms with Crippen molar-refractivity contribution in [2.75, 3.05) is 0 Å². The number of hydrogen-bond donors (Lipinski definition) is 6. The molecule has 0 aliphatic rings. The van der Waals surface area contributed by atoms with E-state index < -0.39 is 58.9 Å². The van der Waals surface area contributed by atoms with Gasteiger partial charge in [0.25, 0.3) is 5.41 Å². The lowest BCUT2D eigenvalue weighted by molar-refractivity contribution is -0.204. The summed E-state index contributed by atoms with van der Waals surface area (Å²) in [5.41, 5.74) is -3.44. The monoisotopic (exact) mass is 461 g/mol. The summed E-state index contributed by atoms with van der Waals surface area (Å²) in [5.74, 6) is -17.5. The Labute approximate surface area is 184 Å². The molecular formula is C20H31NO11. The van der Waals surface area contributed by atoms with E-state index >= 15 is 0 Å². The van der Waals surface area contributed by atoms with Crippen LogP contribution in [0, 0.1) is 16.7 Å². The number of nitrogens with two attached hydrogens (primary N) is 1. The molecule has 0 rings (SSSR count). The highest BCUT2D eigenvalue weighted by Gasteiger charge is 2.79. The molecule has 1 amide bonds. The summed E-state index contributed by atoms with van der Waals surface area (Å²) in [6.07, 6.45) is 6.33. The number of carboxylic acid groups (broad SMARTS) is 5. The van der Waals surface area contributed by atoms with Crippen molar-refractivity contribution in [2.45, 2.75) is 71.1 Å². The first-order valence-corrected chi connectivity index (χ1v) is 10.3. The molecule has 0 aromatic carbocycles. The molecular weight excluding hydrogens is 430 g/mol. The van der Waals surface area contributed by atoms with Crippen molar-refractivity contribution < 1.29 is 54.3 Å². The number of aliphatic carboxylic acids is 5. The lowest BCUT2D eigenvalue weighted by atomic mass is 9.55. The van der Waals surface area contributed by atoms with Crippen molar-refractivity contribution >= 4 is 35.8 Å². The van der Waals surface area contributed by atoms with E-state index in [0.29, 0.717) is 12.8 Å². The van der Waals surface area contributed by atoms with E-state index in [1.165, 1.54) is 0 Å². The molecule has 0 saturated heterocycles. The van der Waals surface area contributed by atoms with E-state index in [1.807, 2.05) is 0 Å². The first-order valence-electron chi connectivity index (χ1n) is 10.3. The molecule has 7 N–H and O–H groups in total. The zero-order valence-corrected chi connectivity index (χ0v) is 17.9. The summed E-state index contributed by atoms with van der Waals surface area (Å²) < 4.78 is 0. The van der Waals surface area contributed by atoms with E-state index in [2.05, 4.69) is 6.92 Å². The predicted molar refractivity (Wildman–Crippen MR) is 108 cm³/mol. The topological polar surface area (TPSA) is 230 Å². The van der Waals surface area contributed by atoms with Crippen molar-refractivity contribution in [1.29, 1.82) is 0 Å². The molecule has 0 spiro atoms. The van der Waals surface area contributed by atoms with Gasteiger partial charge in [-0.15, -0.1) is 0 Å². The molecule has 32 heavy (non-hydrogen) atoms. The number of primary amides is 1. The van der Waals surface area contributed by atoms with Crippen LogP contribution < -0.4 is 5.73 Å². The van der Waals surface area contributed by atoms with Gasteiger partial charge in [-0.05, 0) is 6.42 Å². The highest BCUT2D eigenvalue weighted by molar-refractivity contribution is 6.27. The van der Waals surface area contributed by atoms with Crippen LogP contribution in [0.15, 0.2) is 0 Å². The molecule has 0 heterocycles. The van der Waals surface area contributed by atoms with Gasteiger partial charge in [0.15, 0.2) is 0 Å². The van der Waals surface area contributed by atoms with Gasteiger partial charge in [0.05, 0.1) is 5.92 Å². The van der Waals surface area contributed by atoms with Crippen molar-refractivity contribution in [2.24, 2.45) is 22.5 Å². The number of amides is 1. The first kappa shape index (κ1) is 28.8. The molecule has 1 atom stereocenters. The second-order valence-electron chi connectivity index (χ2n) is 7.65. The minimum absolute atomic E-state index is 0.0255. The van der Waals surface area contributed by atoms with Gasteiger partial charge in [0, 0.05) is 0 Å². The van der Waals surface area contributed by atoms with Crippen LogP contribution in [0.1, 0.15) is 71.1 Å². The summed E-state index contributed by atoms with van der Waals surface area (Å²) in [6, 6.07) is 0. The van der Waals surface area contributed by atoms with Crippen LogP contribution >= 0.6 is 0 Å². The second-order valence-corrected chi connectivity index (χ2v) is 7.65. The second kappa shape index (κ2) is 12.6. The Kier molecular flexibility index (Phi) is 11.4. The SMILES string of the molecule is CCCCCCCCCCCC(C(=O)O)C(C(=O)O)(C(=O)O)C(C(N)=O)(C(=O)O)C(=O)O. The standard InChI is InChI=1S/C20H31NO11/c1-2-3-4-5-6-7-8-9-10-11-12(13(22)23)19(15(25)26,16(27)28)20(14(21)24,17(29)30)18(31)32/h12H,2-11H2,1H3,(H2,21,24)(H,22,23)(H,25,26)(H,27,28)(H,29,30)(H,31,32). The van der Waals surface area contributed by atoms with Crippen LogP contribution in [0.4, 0.5) is 0 Å². The van der Waals surface area contributed by atoms with Gasteiger partial charge in [-0.1, -0.05) is 64.7 Å². The molecule has 0 fully saturated rings. The van der Waals surface area contributed by atoms with E-state index in [4.69, 9.17) is 5.73 Å². The molecule has 0 saturated carbocycles. The van der Waals surface area contributed by atoms with Crippen LogP contribution in [0.3, 0.4) is 0 Å². The molecule has 12 nitrogen and oxygen atoms in total. The van der Waals surface area contributed by atoms with Crippen molar-refractivity contribution in [3.05, 3.63) is 0 Å². The summed E-state index contributed by atoms with van der Waals surface area (Å²) in [4.78, 5) is 71.5. The fraction of sp³-hybridized carbons (Fsp3) is 0.700. The van der Waals surface area contributed by atoms with Crippen LogP contribution in [0.5, 0.6) is 0 Å². The zero-order valence-electron chi connectivity index (χ0n) is 17.9. The average Bonchev–Trinajstić information content (AvgIpc) is 2.66. The van der Waals surface area contributed by atoms with Gasteiger partial charge < -0.3 is 31.3 Å². The first-order chi connectivity index (χ1) is 14.9. The largest absolute Gasteiger partial charge is 0.481 e. The van der Waals surface area contributed by atoms with Gasteiger partial charge in [-0.25, -0.2) is 0 Å². The molecule has 0 bridgehead atoms. The van der Waals surface area contributed by atoms with Gasteiger partial charge >= 0.3 is 29.8 Å². The summed E-state index contributed by atoms with van der Waals surface area (Å²) in [6.45, 7) is 2.08. The maximum atomic E-state index is 12.1. The average molecular weight is 461 g/mol. The molecule has 12 heteroatoms. The lowest BCUT2D eigenvalue weighted by Gasteiger charge is -2.39. The predicted octanol–water partition coefficient (Wildman–Crippen LogP) is 1.40. The molecule has 182 valence electrons. The fourth-order valence-electron chi connectivity index (χ4n) is 3.99. The third-order valence-corrected chi connectivity index (χ3v) is 5.69. The third-order valence-electron chi connectivity index (χ3n) is 5.69. The number of hydrogen-bond acceptors (Lipinski definition) is 6. The Hall–Kier alpha value is -3.18. The number of rotatable bonds is 18. The number of unbranched alkanes of at least 4 members (excludes halogenated alkanes) is 8. The highest BCUT2D eigenvalue weighted by Crippen LogP contribution is 2.49. The summed E-state index contributed by atoms with van der Waals surface area (Å²) in [5, 5.41) is 47.8. The lowest BCUT2D eigenvalue weighted by Crippen LogP contribution is -2.70. The minimum Gasteiger partial charge on any atom is -0.481 e. The minimum atomic E-state index is -4.26. The van der Waals surface area contributed by atoms with Crippen molar-refractivity contribution in [1.82, 2.24) is 0 Å². The molecule has 0 aromatic heterocycles. The van der Waals surface area contributed by atoms with Crippen LogP contribution in [0.2, 0.25) is 0 Å². The zero-order chi connectivity index (χ0) is 25.1. The number of carbonyl (C=O) groups is 6. The third kappa shape index (κ3) is 5.54. The smallest absolute Gasteiger partial charge is 0.332 e. The summed E-state index contributed by atoms with van der Waals surface area (Å²) in [7, 11) is 0. The van der Waals surface area contributed by atoms with Gasteiger partial charge in [0.1, 0.15) is 0 Å². The molecule has 0 aromatic rings. The van der Waals surface area contributed by atoms with Gasteiger partial charge in [-0.2, -0.15) is 0 Å². The van der Waals surface area contributed by atoms with Crippen molar-refractivity contribution in [3.8, 4) is 0 Å². The Morgan fingerprint density at radius 3 is 1.31 bits per heavy atom. The highest BCUT2D eigenvalue weighted by atomic mass is 16.4. The number of carbonyl (C=O) groups excluding carboxylic acids is 1. The Bertz CT molecular complexity index is 681. The molecule has 0 radical (unpaired) electrons. The van der Waals surface area contributed by atoms with Crippen molar-refractivity contribution in [3.63, 3.8) is 0 Å².